The summed E-state index contributed by atoms with van der Waals surface area (Å²) in [6.45, 7) is 1.12. The van der Waals surface area contributed by atoms with E-state index < -0.39 is 0 Å². The summed E-state index contributed by atoms with van der Waals surface area (Å²) in [6.07, 6.45) is 3.81. The van der Waals surface area contributed by atoms with Crippen LogP contribution in [-0.4, -0.2) is 16.3 Å². The Labute approximate surface area is 95.5 Å². The minimum atomic E-state index is 0.444. The zero-order valence-electron chi connectivity index (χ0n) is 9.61. The van der Waals surface area contributed by atoms with Crippen LogP contribution in [0.25, 0.3) is 10.9 Å². The van der Waals surface area contributed by atoms with E-state index in [1.807, 2.05) is 11.7 Å². The molecule has 1 aliphatic rings. The number of piperidine rings is 1. The molecule has 0 spiro atoms. The number of nitrogens with zero attached hydrogens (tertiary/aromatic N) is 2. The zero-order chi connectivity index (χ0) is 11.0. The predicted octanol–water partition coefficient (Wildman–Crippen LogP) is 2.39. The highest BCUT2D eigenvalue weighted by molar-refractivity contribution is 5.82. The van der Waals surface area contributed by atoms with Gasteiger partial charge >= 0.3 is 0 Å². The van der Waals surface area contributed by atoms with Crippen LogP contribution in [0.15, 0.2) is 24.3 Å². The third-order valence-corrected chi connectivity index (χ3v) is 3.43. The van der Waals surface area contributed by atoms with Gasteiger partial charge in [0, 0.05) is 12.4 Å². The molecule has 3 nitrogen and oxygen atoms in total. The maximum atomic E-state index is 4.67. The van der Waals surface area contributed by atoms with Gasteiger partial charge < -0.3 is 5.32 Å². The van der Waals surface area contributed by atoms with Gasteiger partial charge in [0.05, 0.1) is 17.3 Å². The zero-order valence-corrected chi connectivity index (χ0v) is 9.61. The molecule has 0 saturated carbocycles. The van der Waals surface area contributed by atoms with Crippen molar-refractivity contribution in [2.75, 3.05) is 6.54 Å². The van der Waals surface area contributed by atoms with Crippen LogP contribution in [-0.2, 0) is 7.05 Å². The van der Waals surface area contributed by atoms with Gasteiger partial charge in [0.1, 0.15) is 0 Å². The summed E-state index contributed by atoms with van der Waals surface area (Å²) in [4.78, 5) is 0. The summed E-state index contributed by atoms with van der Waals surface area (Å²) in [5.41, 5.74) is 2.45. The van der Waals surface area contributed by atoms with Crippen molar-refractivity contribution in [1.82, 2.24) is 15.1 Å². The number of fused-ring (bicyclic) bond motifs is 1. The Morgan fingerprint density at radius 2 is 2.19 bits per heavy atom. The van der Waals surface area contributed by atoms with Gasteiger partial charge in [0.15, 0.2) is 0 Å². The average molecular weight is 215 g/mol. The standard InChI is InChI=1S/C13H17N3/c1-16-12-8-3-2-6-10(12)13(15-16)11-7-4-5-9-14-11/h2-3,6,8,11,14H,4-5,7,9H2,1H3. The Hall–Kier alpha value is -1.35. The third-order valence-electron chi connectivity index (χ3n) is 3.43. The number of rotatable bonds is 1. The molecule has 1 N–H and O–H groups in total. The van der Waals surface area contributed by atoms with Crippen LogP contribution >= 0.6 is 0 Å². The molecular weight excluding hydrogens is 198 g/mol. The van der Waals surface area contributed by atoms with E-state index in [-0.39, 0.29) is 0 Å². The number of aromatic nitrogens is 2. The molecule has 0 radical (unpaired) electrons. The molecule has 1 aromatic carbocycles. The van der Waals surface area contributed by atoms with Gasteiger partial charge in [-0.1, -0.05) is 24.6 Å². The number of benzene rings is 1. The quantitative estimate of drug-likeness (QED) is 0.791. The molecule has 84 valence electrons. The number of nitrogens with one attached hydrogen (secondary N) is 1. The maximum absolute atomic E-state index is 4.67. The highest BCUT2D eigenvalue weighted by Gasteiger charge is 2.20. The minimum Gasteiger partial charge on any atom is -0.309 e. The topological polar surface area (TPSA) is 29.9 Å². The van der Waals surface area contributed by atoms with E-state index in [0.717, 1.165) is 6.54 Å². The van der Waals surface area contributed by atoms with E-state index in [0.29, 0.717) is 6.04 Å². The molecule has 16 heavy (non-hydrogen) atoms. The summed E-state index contributed by atoms with van der Waals surface area (Å²) in [7, 11) is 2.02. The lowest BCUT2D eigenvalue weighted by molar-refractivity contribution is 0.404. The molecule has 1 aliphatic heterocycles. The van der Waals surface area contributed by atoms with Crippen LogP contribution in [0.2, 0.25) is 0 Å². The van der Waals surface area contributed by atoms with Gasteiger partial charge in [-0.25, -0.2) is 0 Å². The van der Waals surface area contributed by atoms with E-state index in [9.17, 15) is 0 Å². The first-order valence-corrected chi connectivity index (χ1v) is 6.01. The summed E-state index contributed by atoms with van der Waals surface area (Å²) in [6, 6.07) is 8.92. The van der Waals surface area contributed by atoms with Crippen LogP contribution in [0.4, 0.5) is 0 Å². The molecule has 2 heterocycles. The van der Waals surface area contributed by atoms with Gasteiger partial charge in [-0.2, -0.15) is 5.10 Å². The Bertz CT molecular complexity index is 495. The van der Waals surface area contributed by atoms with Crippen LogP contribution < -0.4 is 5.32 Å². The molecule has 1 atom stereocenters. The van der Waals surface area contributed by atoms with Gasteiger partial charge in [-0.15, -0.1) is 0 Å². The van der Waals surface area contributed by atoms with Gasteiger partial charge in [-0.05, 0) is 25.5 Å². The van der Waals surface area contributed by atoms with Crippen molar-refractivity contribution in [2.45, 2.75) is 25.3 Å². The highest BCUT2D eigenvalue weighted by atomic mass is 15.3. The summed E-state index contributed by atoms with van der Waals surface area (Å²) >= 11 is 0. The number of para-hydroxylation sites is 1. The van der Waals surface area contributed by atoms with Crippen molar-refractivity contribution in [3.8, 4) is 0 Å². The molecule has 3 rings (SSSR count). The maximum Gasteiger partial charge on any atom is 0.0872 e. The fourth-order valence-electron chi connectivity index (χ4n) is 2.58. The van der Waals surface area contributed by atoms with Crippen LogP contribution in [0, 0.1) is 0 Å². The van der Waals surface area contributed by atoms with E-state index in [2.05, 4.69) is 34.7 Å². The largest absolute Gasteiger partial charge is 0.309 e. The highest BCUT2D eigenvalue weighted by Crippen LogP contribution is 2.28. The number of hydrogen-bond donors (Lipinski definition) is 1. The Morgan fingerprint density at radius 1 is 1.31 bits per heavy atom. The lowest BCUT2D eigenvalue weighted by Crippen LogP contribution is -2.27. The predicted molar refractivity (Wildman–Crippen MR) is 65.3 cm³/mol. The fourth-order valence-corrected chi connectivity index (χ4v) is 2.58. The second-order valence-electron chi connectivity index (χ2n) is 4.53. The van der Waals surface area contributed by atoms with E-state index in [4.69, 9.17) is 0 Å². The van der Waals surface area contributed by atoms with Crippen molar-refractivity contribution in [3.63, 3.8) is 0 Å². The van der Waals surface area contributed by atoms with E-state index >= 15 is 0 Å². The molecule has 1 unspecified atom stereocenters. The minimum absolute atomic E-state index is 0.444. The molecule has 0 aliphatic carbocycles. The SMILES string of the molecule is Cn1nc(C2CCCCN2)c2ccccc21. The molecule has 1 fully saturated rings. The summed E-state index contributed by atoms with van der Waals surface area (Å²) < 4.78 is 1.99. The molecule has 0 amide bonds. The lowest BCUT2D eigenvalue weighted by Gasteiger charge is -2.21. The van der Waals surface area contributed by atoms with Crippen LogP contribution in [0.3, 0.4) is 0 Å². The second kappa shape index (κ2) is 3.91. The number of aryl methyl sites for hydroxylation is 1. The summed E-state index contributed by atoms with van der Waals surface area (Å²) in [5.74, 6) is 0. The first kappa shape index (κ1) is 9.85. The third kappa shape index (κ3) is 1.52. The van der Waals surface area contributed by atoms with Gasteiger partial charge in [0.25, 0.3) is 0 Å². The fraction of sp³-hybridized carbons (Fsp3) is 0.462. The molecule has 1 saturated heterocycles. The first-order chi connectivity index (χ1) is 7.86. The van der Waals surface area contributed by atoms with Crippen LogP contribution in [0.1, 0.15) is 31.0 Å². The first-order valence-electron chi connectivity index (χ1n) is 6.01. The normalized spacial score (nSPS) is 21.4. The van der Waals surface area contributed by atoms with Crippen molar-refractivity contribution in [2.24, 2.45) is 7.05 Å². The van der Waals surface area contributed by atoms with Crippen LogP contribution in [0.5, 0.6) is 0 Å². The van der Waals surface area contributed by atoms with Gasteiger partial charge in [0.2, 0.25) is 0 Å². The second-order valence-corrected chi connectivity index (χ2v) is 4.53. The number of hydrogen-bond acceptors (Lipinski definition) is 2. The molecule has 0 bridgehead atoms. The van der Waals surface area contributed by atoms with Gasteiger partial charge in [-0.3, -0.25) is 4.68 Å². The van der Waals surface area contributed by atoms with E-state index in [1.54, 1.807) is 0 Å². The smallest absolute Gasteiger partial charge is 0.0872 e. The Kier molecular flexibility index (Phi) is 2.40. The van der Waals surface area contributed by atoms with E-state index in [1.165, 1.54) is 35.9 Å². The monoisotopic (exact) mass is 215 g/mol. The summed E-state index contributed by atoms with van der Waals surface area (Å²) in [5, 5.41) is 9.53. The lowest BCUT2D eigenvalue weighted by atomic mass is 10.00. The van der Waals surface area contributed by atoms with Crippen molar-refractivity contribution in [1.29, 1.82) is 0 Å². The Morgan fingerprint density at radius 3 is 3.00 bits per heavy atom. The van der Waals surface area contributed by atoms with Crippen molar-refractivity contribution < 1.29 is 0 Å². The average Bonchev–Trinajstić information content (AvgIpc) is 2.69. The van der Waals surface area contributed by atoms with Crippen molar-refractivity contribution in [3.05, 3.63) is 30.0 Å². The molecular formula is C13H17N3. The van der Waals surface area contributed by atoms with Crippen molar-refractivity contribution >= 4 is 10.9 Å². The molecule has 2 aromatic rings. The molecule has 1 aromatic heterocycles. The Balaban J connectivity index is 2.08. The molecule has 3 heteroatoms.